The van der Waals surface area contributed by atoms with Crippen LogP contribution in [0.15, 0.2) is 0 Å². The zero-order valence-electron chi connectivity index (χ0n) is 21.5. The van der Waals surface area contributed by atoms with Crippen LogP contribution >= 0.6 is 21.6 Å². The van der Waals surface area contributed by atoms with Gasteiger partial charge in [-0.15, -0.1) is 0 Å². The molecule has 0 heterocycles. The molecule has 0 amide bonds. The van der Waals surface area contributed by atoms with E-state index in [1.54, 1.807) is 14.2 Å². The van der Waals surface area contributed by atoms with Crippen LogP contribution < -0.4 is 5.32 Å². The van der Waals surface area contributed by atoms with E-state index in [1.807, 2.05) is 42.5 Å². The van der Waals surface area contributed by atoms with Crippen LogP contribution in [0.5, 0.6) is 0 Å². The summed E-state index contributed by atoms with van der Waals surface area (Å²) >= 11 is 0. The number of rotatable bonds is 20. The summed E-state index contributed by atoms with van der Waals surface area (Å²) in [4.78, 5) is 0. The predicted molar refractivity (Wildman–Crippen MR) is 140 cm³/mol. The maximum atomic E-state index is 5.57. The maximum Gasteiger partial charge on any atom is 2.00 e. The largest absolute Gasteiger partial charge is 2.00 e. The Hall–Kier alpha value is 1.59. The third kappa shape index (κ3) is 39.1. The second-order valence-electron chi connectivity index (χ2n) is 6.80. The van der Waals surface area contributed by atoms with Crippen LogP contribution in [0.4, 0.5) is 0 Å². The van der Waals surface area contributed by atoms with E-state index in [1.165, 1.54) is 70.0 Å². The molecule has 1 N–H and O–H groups in total. The fourth-order valence-electron chi connectivity index (χ4n) is 2.40. The molecule has 188 valence electrons. The minimum atomic E-state index is -0.181. The zero-order valence-corrected chi connectivity index (χ0v) is 27.3. The Kier molecular flexibility index (Phi) is 49.8. The third-order valence-electron chi connectivity index (χ3n) is 4.17. The SMILES string of the molecule is CC.CNCOC.[CH2-]C(OC)C([CH2-])OCCSSCCCCCCCCCCCC.[U+2]. The summed E-state index contributed by atoms with van der Waals surface area (Å²) in [6.07, 6.45) is 13.7. The van der Waals surface area contributed by atoms with Gasteiger partial charge in [0.1, 0.15) is 0 Å². The number of nitrogens with one attached hydrogen (secondary N) is 1. The molecule has 31 heavy (non-hydrogen) atoms. The zero-order chi connectivity index (χ0) is 23.3. The number of ether oxygens (including phenoxy) is 3. The van der Waals surface area contributed by atoms with Gasteiger partial charge in [0.2, 0.25) is 0 Å². The van der Waals surface area contributed by atoms with Gasteiger partial charge in [-0.3, -0.25) is 5.32 Å². The van der Waals surface area contributed by atoms with E-state index in [2.05, 4.69) is 30.8 Å². The minimum absolute atomic E-state index is 0. The normalized spacial score (nSPS) is 12.0. The van der Waals surface area contributed by atoms with E-state index < -0.39 is 0 Å². The van der Waals surface area contributed by atoms with Gasteiger partial charge in [0.25, 0.3) is 0 Å². The van der Waals surface area contributed by atoms with Crippen LogP contribution in [0, 0.1) is 45.0 Å². The van der Waals surface area contributed by atoms with Crippen LogP contribution in [0.3, 0.4) is 0 Å². The molecule has 7 heteroatoms. The number of hydrogen-bond acceptors (Lipinski definition) is 6. The maximum absolute atomic E-state index is 5.57. The van der Waals surface area contributed by atoms with Gasteiger partial charge in [0.05, 0.1) is 13.3 Å². The van der Waals surface area contributed by atoms with Gasteiger partial charge < -0.3 is 28.1 Å². The van der Waals surface area contributed by atoms with Crippen molar-refractivity contribution >= 4 is 21.6 Å². The predicted octanol–water partition coefficient (Wildman–Crippen LogP) is 7.19. The Bertz CT molecular complexity index is 279. The number of hydrogen-bond donors (Lipinski definition) is 1. The molecule has 0 aliphatic heterocycles. The summed E-state index contributed by atoms with van der Waals surface area (Å²) < 4.78 is 15.2. The van der Waals surface area contributed by atoms with Crippen molar-refractivity contribution in [3.8, 4) is 0 Å². The van der Waals surface area contributed by atoms with Crippen LogP contribution in [-0.2, 0) is 14.2 Å². The molecule has 4 nitrogen and oxygen atoms in total. The summed E-state index contributed by atoms with van der Waals surface area (Å²) in [7, 11) is 8.98. The molecule has 0 spiro atoms. The first-order valence-corrected chi connectivity index (χ1v) is 14.3. The molecule has 0 rings (SSSR count). The van der Waals surface area contributed by atoms with Crippen molar-refractivity contribution < 1.29 is 45.3 Å². The van der Waals surface area contributed by atoms with Crippen LogP contribution in [0.1, 0.15) is 85.0 Å². The molecule has 0 aromatic carbocycles. The molecule has 0 radical (unpaired) electrons. The van der Waals surface area contributed by atoms with Crippen molar-refractivity contribution in [3.63, 3.8) is 0 Å². The van der Waals surface area contributed by atoms with E-state index in [0.717, 1.165) is 12.4 Å². The Labute approximate surface area is 228 Å². The second kappa shape index (κ2) is 38.8. The van der Waals surface area contributed by atoms with Crippen molar-refractivity contribution in [2.45, 2.75) is 97.2 Å². The summed E-state index contributed by atoms with van der Waals surface area (Å²) in [6, 6.07) is 0. The average Bonchev–Trinajstić information content (AvgIpc) is 2.78. The summed E-state index contributed by atoms with van der Waals surface area (Å²) in [6.45, 7) is 15.3. The summed E-state index contributed by atoms with van der Waals surface area (Å²) in [5.74, 6) is 2.26. The van der Waals surface area contributed by atoms with Crippen molar-refractivity contribution in [1.82, 2.24) is 5.32 Å². The van der Waals surface area contributed by atoms with Gasteiger partial charge in [0, 0.05) is 25.7 Å². The van der Waals surface area contributed by atoms with Gasteiger partial charge in [-0.05, 0) is 13.5 Å². The van der Waals surface area contributed by atoms with Crippen molar-refractivity contribution in [3.05, 3.63) is 13.8 Å². The topological polar surface area (TPSA) is 39.7 Å². The Balaban J connectivity index is -0.000000397. The van der Waals surface area contributed by atoms with E-state index >= 15 is 0 Å². The van der Waals surface area contributed by atoms with Crippen molar-refractivity contribution in [2.24, 2.45) is 0 Å². The van der Waals surface area contributed by atoms with Crippen LogP contribution in [0.2, 0.25) is 0 Å². The molecular formula is C24H53NO3S2U. The molecule has 0 aromatic heterocycles. The van der Waals surface area contributed by atoms with Crippen molar-refractivity contribution in [2.75, 3.05) is 46.1 Å². The van der Waals surface area contributed by atoms with Gasteiger partial charge in [0.15, 0.2) is 0 Å². The standard InChI is InChI=1S/C19H38O2S2.C3H9NO.C2H6.U/c1-5-6-7-8-9-10-11-12-13-14-16-22-23-17-15-21-19(3)18(2)20-4;1-4-3-5-2;1-2;/h18-19H,2-3,5-17H2,1,4H3;4H,3H2,1-2H3;1-2H3;/q-2;;;+2. The van der Waals surface area contributed by atoms with Crippen molar-refractivity contribution in [1.29, 1.82) is 0 Å². The second-order valence-corrected chi connectivity index (χ2v) is 9.50. The summed E-state index contributed by atoms with van der Waals surface area (Å²) in [5, 5.41) is 2.80. The van der Waals surface area contributed by atoms with Gasteiger partial charge in [-0.1, -0.05) is 112 Å². The quantitative estimate of drug-likeness (QED) is 0.0626. The molecular weight excluding hydrogens is 652 g/mol. The number of methoxy groups -OCH3 is 2. The Morgan fingerprint density at radius 2 is 1.26 bits per heavy atom. The van der Waals surface area contributed by atoms with E-state index in [-0.39, 0.29) is 43.3 Å². The molecule has 2 unspecified atom stereocenters. The molecule has 0 bridgehead atoms. The molecule has 0 aromatic rings. The van der Waals surface area contributed by atoms with E-state index in [9.17, 15) is 0 Å². The van der Waals surface area contributed by atoms with E-state index in [0.29, 0.717) is 6.73 Å². The fourth-order valence-corrected chi connectivity index (χ4v) is 4.39. The van der Waals surface area contributed by atoms with Gasteiger partial charge in [-0.2, -0.15) is 0 Å². The summed E-state index contributed by atoms with van der Waals surface area (Å²) in [5.41, 5.74) is 0. The van der Waals surface area contributed by atoms with Gasteiger partial charge in [-0.25, -0.2) is 0 Å². The molecule has 0 aliphatic carbocycles. The monoisotopic (exact) mass is 705 g/mol. The first-order chi connectivity index (χ1) is 14.6. The van der Waals surface area contributed by atoms with Gasteiger partial charge >= 0.3 is 31.1 Å². The first kappa shape index (κ1) is 39.8. The fraction of sp³-hybridized carbons (Fsp3) is 0.917. The minimum Gasteiger partial charge on any atom is -0.414 e. The Morgan fingerprint density at radius 1 is 0.774 bits per heavy atom. The molecule has 2 atom stereocenters. The Morgan fingerprint density at radius 3 is 1.68 bits per heavy atom. The third-order valence-corrected chi connectivity index (χ3v) is 6.62. The number of unbranched alkanes of at least 4 members (excludes halogenated alkanes) is 9. The van der Waals surface area contributed by atoms with Crippen LogP contribution in [0.25, 0.3) is 0 Å². The molecule has 0 saturated carbocycles. The first-order valence-electron chi connectivity index (χ1n) is 11.8. The average molecular weight is 706 g/mol. The van der Waals surface area contributed by atoms with Crippen LogP contribution in [-0.4, -0.2) is 58.3 Å². The van der Waals surface area contributed by atoms with E-state index in [4.69, 9.17) is 9.47 Å². The molecule has 0 saturated heterocycles. The molecule has 0 aliphatic rings. The molecule has 0 fully saturated rings. The smallest absolute Gasteiger partial charge is 0.414 e.